The molecule has 60 heavy (non-hydrogen) atoms. The number of ether oxygens (including phenoxy) is 1. The Morgan fingerprint density at radius 3 is 2.40 bits per heavy atom. The quantitative estimate of drug-likeness (QED) is 0.126. The van der Waals surface area contributed by atoms with Crippen LogP contribution in [0.4, 0.5) is 40.2 Å². The van der Waals surface area contributed by atoms with Crippen LogP contribution in [0.25, 0.3) is 0 Å². The average Bonchev–Trinajstić information content (AvgIpc) is 3.70. The second-order valence-electron chi connectivity index (χ2n) is 16.1. The molecule has 3 aromatic carbocycles. The molecule has 15 nitrogen and oxygen atoms in total. The number of benzene rings is 3. The summed E-state index contributed by atoms with van der Waals surface area (Å²) in [6.45, 7) is 9.78. The molecule has 3 saturated heterocycles. The van der Waals surface area contributed by atoms with Crippen molar-refractivity contribution in [2.24, 2.45) is 0 Å². The van der Waals surface area contributed by atoms with Crippen molar-refractivity contribution in [2.45, 2.75) is 57.5 Å². The molecule has 4 N–H and O–H groups in total. The number of carbonyl (C=O) groups excluding carboxylic acids is 2. The van der Waals surface area contributed by atoms with E-state index in [1.54, 1.807) is 13.3 Å². The van der Waals surface area contributed by atoms with Crippen LogP contribution in [-0.2, 0) is 32.5 Å². The third-order valence-corrected chi connectivity index (χ3v) is 13.8. The number of hydrogen-bond donors (Lipinski definition) is 4. The average molecular weight is 902 g/mol. The molecule has 1 unspecified atom stereocenters. The Labute approximate surface area is 360 Å². The highest BCUT2D eigenvalue weighted by Gasteiger charge is 2.31. The number of hydrogen-bond acceptors (Lipinski definition) is 13. The topological polar surface area (TPSA) is 164 Å². The summed E-state index contributed by atoms with van der Waals surface area (Å²) in [7, 11) is -1.76. The fourth-order valence-corrected chi connectivity index (χ4v) is 10.1. The van der Waals surface area contributed by atoms with E-state index >= 15 is 0 Å². The molecule has 0 bridgehead atoms. The predicted octanol–water partition coefficient (Wildman–Crippen LogP) is 5.41. The van der Waals surface area contributed by atoms with Crippen molar-refractivity contribution in [3.63, 3.8) is 0 Å². The van der Waals surface area contributed by atoms with Crippen molar-refractivity contribution >= 4 is 78.0 Å². The van der Waals surface area contributed by atoms with Gasteiger partial charge in [0.1, 0.15) is 17.6 Å². The first-order valence-corrected chi connectivity index (χ1v) is 23.3. The molecule has 318 valence electrons. The van der Waals surface area contributed by atoms with Gasteiger partial charge in [-0.05, 0) is 95.9 Å². The molecule has 4 aromatic rings. The molecule has 2 amide bonds. The summed E-state index contributed by atoms with van der Waals surface area (Å²) >= 11 is 3.57. The summed E-state index contributed by atoms with van der Waals surface area (Å²) in [5, 5.41) is 12.4. The van der Waals surface area contributed by atoms with Gasteiger partial charge >= 0.3 is 0 Å². The Morgan fingerprint density at radius 2 is 1.68 bits per heavy atom. The number of methoxy groups -OCH3 is 1. The molecule has 5 heterocycles. The highest BCUT2D eigenvalue weighted by molar-refractivity contribution is 9.10. The van der Waals surface area contributed by atoms with Crippen LogP contribution in [0.15, 0.2) is 65.3 Å². The van der Waals surface area contributed by atoms with E-state index in [9.17, 15) is 18.0 Å². The van der Waals surface area contributed by atoms with Gasteiger partial charge in [-0.25, -0.2) is 13.4 Å². The lowest BCUT2D eigenvalue weighted by Gasteiger charge is -2.43. The Hall–Kier alpha value is -4.97. The minimum absolute atomic E-state index is 0.204. The minimum atomic E-state index is -3.44. The van der Waals surface area contributed by atoms with E-state index in [0.717, 1.165) is 93.3 Å². The molecule has 1 aromatic heterocycles. The summed E-state index contributed by atoms with van der Waals surface area (Å²) in [4.78, 5) is 40.5. The van der Waals surface area contributed by atoms with E-state index in [1.807, 2.05) is 30.3 Å². The summed E-state index contributed by atoms with van der Waals surface area (Å²) in [6.07, 6.45) is 7.62. The Morgan fingerprint density at radius 1 is 0.917 bits per heavy atom. The fourth-order valence-electron chi connectivity index (χ4n) is 8.81. The zero-order valence-corrected chi connectivity index (χ0v) is 36.7. The monoisotopic (exact) mass is 900 g/mol. The number of nitrogens with zero attached hydrogens (tertiary/aromatic N) is 6. The van der Waals surface area contributed by atoms with E-state index < -0.39 is 10.0 Å². The second-order valence-corrected chi connectivity index (χ2v) is 18.8. The summed E-state index contributed by atoms with van der Waals surface area (Å²) in [5.41, 5.74) is 7.48. The Kier molecular flexibility index (Phi) is 12.5. The fraction of sp³-hybridized carbons (Fsp3) is 0.442. The van der Waals surface area contributed by atoms with Gasteiger partial charge in [0, 0.05) is 88.5 Å². The minimum Gasteiger partial charge on any atom is -0.494 e. The van der Waals surface area contributed by atoms with Crippen molar-refractivity contribution in [3.05, 3.63) is 82.0 Å². The smallest absolute Gasteiger partial charge is 0.249 e. The maximum Gasteiger partial charge on any atom is 0.249 e. The molecule has 3 fully saturated rings. The number of piperidine rings is 2. The normalized spacial score (nSPS) is 19.2. The second kappa shape index (κ2) is 17.9. The molecular weight excluding hydrogens is 849 g/mol. The molecule has 17 heteroatoms. The number of amides is 2. The predicted molar refractivity (Wildman–Crippen MR) is 240 cm³/mol. The first-order valence-electron chi connectivity index (χ1n) is 20.7. The largest absolute Gasteiger partial charge is 0.494 e. The number of rotatable bonds is 13. The van der Waals surface area contributed by atoms with Crippen LogP contribution < -0.4 is 35.2 Å². The van der Waals surface area contributed by atoms with Gasteiger partial charge in [0.2, 0.25) is 27.8 Å². The highest BCUT2D eigenvalue weighted by atomic mass is 79.9. The number of halogens is 1. The number of anilines is 7. The SMILES string of the molecule is COc1cc(N2CCC(N3CCN(CCc4ccc(NC5CCC(=O)NC5=O)cc4)CC3)CC2)c(C)cc1Nc1ncc(Br)c(Nc2cccc3c2N(S(C)(=O)=O)CC3)n1. The van der Waals surface area contributed by atoms with Crippen LogP contribution >= 0.6 is 15.9 Å². The molecule has 0 spiro atoms. The van der Waals surface area contributed by atoms with Crippen LogP contribution in [0.2, 0.25) is 0 Å². The lowest BCUT2D eigenvalue weighted by molar-refractivity contribution is -0.133. The molecule has 0 radical (unpaired) electrons. The number of nitrogens with one attached hydrogen (secondary N) is 4. The van der Waals surface area contributed by atoms with Crippen molar-refractivity contribution in [3.8, 4) is 5.75 Å². The van der Waals surface area contributed by atoms with E-state index in [1.165, 1.54) is 16.1 Å². The van der Waals surface area contributed by atoms with E-state index in [-0.39, 0.29) is 17.9 Å². The van der Waals surface area contributed by atoms with Gasteiger partial charge in [0.05, 0.1) is 34.9 Å². The third kappa shape index (κ3) is 9.48. The van der Waals surface area contributed by atoms with Gasteiger partial charge in [-0.3, -0.25) is 24.1 Å². The lowest BCUT2D eigenvalue weighted by atomic mass is 10.00. The number of aromatic nitrogens is 2. The van der Waals surface area contributed by atoms with Crippen LogP contribution in [0.3, 0.4) is 0 Å². The van der Waals surface area contributed by atoms with Gasteiger partial charge in [-0.15, -0.1) is 0 Å². The number of para-hydroxylation sites is 1. The van der Waals surface area contributed by atoms with Crippen molar-refractivity contribution in [1.29, 1.82) is 0 Å². The zero-order chi connectivity index (χ0) is 42.0. The standard InChI is InChI=1S/C43H53BrN10O5S/c1-28-25-36(48-43-45-27-33(44)41(50-43)47-34-6-4-5-30-14-20-54(40(30)34)60(3,57)58)38(59-2)26-37(28)53-18-15-32(16-19-53)52-23-21-51(22-24-52)17-13-29-7-9-31(10-8-29)46-35-11-12-39(55)49-42(35)56/h4-10,25-27,32,35,46H,11-24H2,1-3H3,(H,49,55,56)(H2,45,47,48,50). The van der Waals surface area contributed by atoms with Gasteiger partial charge in [0.25, 0.3) is 0 Å². The molecule has 0 aliphatic carbocycles. The summed E-state index contributed by atoms with van der Waals surface area (Å²) in [6, 6.07) is 18.4. The van der Waals surface area contributed by atoms with Crippen molar-refractivity contribution in [1.82, 2.24) is 25.1 Å². The summed E-state index contributed by atoms with van der Waals surface area (Å²) < 4.78 is 33.1. The van der Waals surface area contributed by atoms with Gasteiger partial charge in [0.15, 0.2) is 0 Å². The number of sulfonamides is 1. The number of fused-ring (bicyclic) bond motifs is 1. The first-order chi connectivity index (χ1) is 28.9. The Bertz CT molecular complexity index is 2330. The first kappa shape index (κ1) is 41.8. The van der Waals surface area contributed by atoms with E-state index in [2.05, 4.69) is 88.1 Å². The number of carbonyl (C=O) groups is 2. The number of piperazine rings is 1. The molecule has 8 rings (SSSR count). The van der Waals surface area contributed by atoms with Crippen LogP contribution in [0.1, 0.15) is 42.4 Å². The van der Waals surface area contributed by atoms with E-state index in [4.69, 9.17) is 9.72 Å². The van der Waals surface area contributed by atoms with Crippen molar-refractivity contribution in [2.75, 3.05) is 90.9 Å². The van der Waals surface area contributed by atoms with Crippen LogP contribution in [0, 0.1) is 6.92 Å². The molecule has 4 aliphatic heterocycles. The van der Waals surface area contributed by atoms with Crippen LogP contribution in [0.5, 0.6) is 5.75 Å². The van der Waals surface area contributed by atoms with Gasteiger partial charge in [-0.2, -0.15) is 4.98 Å². The molecule has 1 atom stereocenters. The number of aryl methyl sites for hydroxylation is 1. The van der Waals surface area contributed by atoms with Gasteiger partial charge < -0.3 is 30.5 Å². The van der Waals surface area contributed by atoms with E-state index in [0.29, 0.717) is 65.2 Å². The highest BCUT2D eigenvalue weighted by Crippen LogP contribution is 2.40. The van der Waals surface area contributed by atoms with Crippen molar-refractivity contribution < 1.29 is 22.7 Å². The van der Waals surface area contributed by atoms with Gasteiger partial charge in [-0.1, -0.05) is 24.3 Å². The Balaban J connectivity index is 0.823. The zero-order valence-electron chi connectivity index (χ0n) is 34.3. The maximum atomic E-state index is 12.6. The molecule has 0 saturated carbocycles. The summed E-state index contributed by atoms with van der Waals surface area (Å²) in [5.74, 6) is 1.11. The lowest BCUT2D eigenvalue weighted by Crippen LogP contribution is -2.53. The number of imide groups is 1. The third-order valence-electron chi connectivity index (χ3n) is 12.1. The maximum absolute atomic E-state index is 12.6. The molecule has 4 aliphatic rings. The molecular formula is C43H53BrN10O5S. The van der Waals surface area contributed by atoms with Crippen LogP contribution in [-0.4, -0.2) is 118 Å².